The van der Waals surface area contributed by atoms with Gasteiger partial charge in [0.1, 0.15) is 23.5 Å². The van der Waals surface area contributed by atoms with E-state index in [4.69, 9.17) is 20.6 Å². The molecule has 0 bridgehead atoms. The van der Waals surface area contributed by atoms with Gasteiger partial charge in [0, 0.05) is 36.3 Å². The van der Waals surface area contributed by atoms with Crippen molar-refractivity contribution in [2.75, 3.05) is 12.8 Å². The molecule has 9 heteroatoms. The number of nitrogens with two attached hydrogens (primary N) is 1. The van der Waals surface area contributed by atoms with Gasteiger partial charge in [-0.1, -0.05) is 49.6 Å². The van der Waals surface area contributed by atoms with Gasteiger partial charge in [0.15, 0.2) is 0 Å². The standard InChI is InChI=1S/C27H25N5O.C2H5NO2/c28-26-25-22(16-32(27(25)30-17-29-26)20-7-3-1-4-8-20)19-12-11-18-13-14-24(31-23(18)15-19)33-21-9-5-2-6-10-21;1-3-2(4)5/h2,5-6,9-17,20H,1,3-4,7-8H2,(H2,28,29,30);3H,1H3,(H,4,5). The molecule has 0 radical (unpaired) electrons. The first-order chi connectivity index (χ1) is 18.5. The van der Waals surface area contributed by atoms with Gasteiger partial charge in [-0.05, 0) is 42.7 Å². The number of carbonyl (C=O) groups is 1. The van der Waals surface area contributed by atoms with Gasteiger partial charge in [-0.25, -0.2) is 19.7 Å². The van der Waals surface area contributed by atoms with E-state index in [2.05, 4.69) is 38.9 Å². The zero-order valence-corrected chi connectivity index (χ0v) is 21.2. The third-order valence-corrected chi connectivity index (χ3v) is 6.76. The van der Waals surface area contributed by atoms with E-state index in [1.54, 1.807) is 6.33 Å². The van der Waals surface area contributed by atoms with Crippen LogP contribution in [0.3, 0.4) is 0 Å². The lowest BCUT2D eigenvalue weighted by Gasteiger charge is -2.23. The second-order valence-corrected chi connectivity index (χ2v) is 9.23. The van der Waals surface area contributed by atoms with Crippen LogP contribution in [0.25, 0.3) is 33.1 Å². The number of benzene rings is 2. The Morgan fingerprint density at radius 2 is 1.79 bits per heavy atom. The van der Waals surface area contributed by atoms with E-state index in [0.717, 1.165) is 38.8 Å². The maximum Gasteiger partial charge on any atom is 0.404 e. The summed E-state index contributed by atoms with van der Waals surface area (Å²) < 4.78 is 8.26. The third kappa shape index (κ3) is 5.36. The molecule has 9 nitrogen and oxygen atoms in total. The van der Waals surface area contributed by atoms with Gasteiger partial charge in [0.25, 0.3) is 0 Å². The van der Waals surface area contributed by atoms with E-state index < -0.39 is 6.09 Å². The smallest absolute Gasteiger partial charge is 0.404 e. The maximum absolute atomic E-state index is 9.26. The number of nitrogen functional groups attached to an aromatic ring is 1. The predicted molar refractivity (Wildman–Crippen MR) is 148 cm³/mol. The Labute approximate surface area is 220 Å². The highest BCUT2D eigenvalue weighted by molar-refractivity contribution is 6.02. The molecule has 3 aromatic heterocycles. The number of pyridine rings is 1. The summed E-state index contributed by atoms with van der Waals surface area (Å²) in [6.07, 6.45) is 8.94. The van der Waals surface area contributed by atoms with E-state index in [0.29, 0.717) is 17.7 Å². The number of rotatable bonds is 4. The number of nitrogens with one attached hydrogen (secondary N) is 1. The summed E-state index contributed by atoms with van der Waals surface area (Å²) in [5, 5.41) is 11.5. The molecule has 1 fully saturated rings. The Morgan fingerprint density at radius 3 is 2.53 bits per heavy atom. The zero-order chi connectivity index (χ0) is 26.5. The molecule has 0 saturated heterocycles. The molecule has 1 aliphatic carbocycles. The van der Waals surface area contributed by atoms with Crippen LogP contribution in [-0.2, 0) is 0 Å². The number of hydrogen-bond donors (Lipinski definition) is 3. The lowest BCUT2D eigenvalue weighted by atomic mass is 9.95. The van der Waals surface area contributed by atoms with Crippen LogP contribution in [0, 0.1) is 0 Å². The molecule has 1 saturated carbocycles. The first-order valence-corrected chi connectivity index (χ1v) is 12.7. The molecule has 6 rings (SSSR count). The maximum atomic E-state index is 9.26. The average molecular weight is 511 g/mol. The van der Waals surface area contributed by atoms with Gasteiger partial charge in [-0.15, -0.1) is 0 Å². The van der Waals surface area contributed by atoms with Crippen molar-refractivity contribution >= 4 is 33.8 Å². The number of carboxylic acid groups (broad SMARTS) is 1. The summed E-state index contributed by atoms with van der Waals surface area (Å²) in [5.74, 6) is 1.85. The van der Waals surface area contributed by atoms with Crippen molar-refractivity contribution < 1.29 is 14.6 Å². The van der Waals surface area contributed by atoms with Crippen molar-refractivity contribution in [2.45, 2.75) is 38.1 Å². The molecule has 5 aromatic rings. The van der Waals surface area contributed by atoms with Crippen LogP contribution in [0.1, 0.15) is 38.1 Å². The highest BCUT2D eigenvalue weighted by atomic mass is 16.5. The van der Waals surface area contributed by atoms with Crippen LogP contribution in [0.4, 0.5) is 10.6 Å². The molecule has 194 valence electrons. The van der Waals surface area contributed by atoms with Crippen molar-refractivity contribution in [1.82, 2.24) is 24.8 Å². The van der Waals surface area contributed by atoms with Crippen molar-refractivity contribution in [1.29, 1.82) is 0 Å². The van der Waals surface area contributed by atoms with Crippen molar-refractivity contribution in [3.63, 3.8) is 0 Å². The minimum Gasteiger partial charge on any atom is -0.465 e. The lowest BCUT2D eigenvalue weighted by Crippen LogP contribution is -2.13. The number of para-hydroxylation sites is 1. The zero-order valence-electron chi connectivity index (χ0n) is 21.2. The SMILES string of the molecule is CNC(=O)O.Nc1ncnc2c1c(-c1ccc3ccc(Oc4ccccc4)nc3c1)cn2C1CCCCC1. The van der Waals surface area contributed by atoms with Crippen LogP contribution < -0.4 is 15.8 Å². The first kappa shape index (κ1) is 25.0. The Hall–Kier alpha value is -4.66. The number of hydrogen-bond acceptors (Lipinski definition) is 6. The van der Waals surface area contributed by atoms with E-state index in [1.807, 2.05) is 47.8 Å². The number of fused-ring (bicyclic) bond motifs is 2. The summed E-state index contributed by atoms with van der Waals surface area (Å²) in [6.45, 7) is 0. The van der Waals surface area contributed by atoms with Gasteiger partial charge >= 0.3 is 6.09 Å². The van der Waals surface area contributed by atoms with E-state index >= 15 is 0 Å². The molecule has 0 spiro atoms. The number of aromatic nitrogens is 4. The molecular formula is C29H30N6O3. The van der Waals surface area contributed by atoms with Crippen molar-refractivity contribution in [3.05, 3.63) is 73.2 Å². The Kier molecular flexibility index (Phi) is 7.35. The summed E-state index contributed by atoms with van der Waals surface area (Å²) in [7, 11) is 1.35. The first-order valence-electron chi connectivity index (χ1n) is 12.7. The summed E-state index contributed by atoms with van der Waals surface area (Å²) >= 11 is 0. The highest BCUT2D eigenvalue weighted by Gasteiger charge is 2.22. The fraction of sp³-hybridized carbons (Fsp3) is 0.241. The molecule has 1 amide bonds. The van der Waals surface area contributed by atoms with Crippen LogP contribution in [-0.4, -0.2) is 37.8 Å². The lowest BCUT2D eigenvalue weighted by molar-refractivity contribution is 0.197. The number of anilines is 1. The number of ether oxygens (including phenoxy) is 1. The van der Waals surface area contributed by atoms with E-state index in [9.17, 15) is 4.79 Å². The van der Waals surface area contributed by atoms with Crippen molar-refractivity contribution in [2.24, 2.45) is 0 Å². The highest BCUT2D eigenvalue weighted by Crippen LogP contribution is 2.38. The van der Waals surface area contributed by atoms with E-state index in [-0.39, 0.29) is 0 Å². The quantitative estimate of drug-likeness (QED) is 0.255. The molecule has 3 heterocycles. The van der Waals surface area contributed by atoms with Gasteiger partial charge < -0.3 is 25.5 Å². The Morgan fingerprint density at radius 1 is 1.05 bits per heavy atom. The topological polar surface area (TPSA) is 128 Å². The van der Waals surface area contributed by atoms with Gasteiger partial charge in [0.05, 0.1) is 10.9 Å². The molecule has 0 unspecified atom stereocenters. The number of amides is 1. The molecule has 4 N–H and O–H groups in total. The molecule has 0 atom stereocenters. The molecular weight excluding hydrogens is 480 g/mol. The molecule has 38 heavy (non-hydrogen) atoms. The van der Waals surface area contributed by atoms with E-state index in [1.165, 1.54) is 39.2 Å². The van der Waals surface area contributed by atoms with Crippen LogP contribution in [0.2, 0.25) is 0 Å². The minimum absolute atomic E-state index is 0.453. The van der Waals surface area contributed by atoms with Crippen LogP contribution >= 0.6 is 0 Å². The van der Waals surface area contributed by atoms with Crippen molar-refractivity contribution in [3.8, 4) is 22.8 Å². The van der Waals surface area contributed by atoms with Gasteiger partial charge in [-0.2, -0.15) is 0 Å². The Bertz CT molecular complexity index is 1560. The fourth-order valence-corrected chi connectivity index (χ4v) is 4.90. The van der Waals surface area contributed by atoms with Crippen LogP contribution in [0.5, 0.6) is 11.6 Å². The van der Waals surface area contributed by atoms with Gasteiger partial charge in [0.2, 0.25) is 5.88 Å². The molecule has 1 aliphatic rings. The number of nitrogens with zero attached hydrogens (tertiary/aromatic N) is 4. The van der Waals surface area contributed by atoms with Crippen LogP contribution in [0.15, 0.2) is 73.2 Å². The minimum atomic E-state index is -0.995. The second kappa shape index (κ2) is 11.2. The fourth-order valence-electron chi connectivity index (χ4n) is 4.90. The second-order valence-electron chi connectivity index (χ2n) is 9.23. The average Bonchev–Trinajstić information content (AvgIpc) is 3.35. The van der Waals surface area contributed by atoms with Gasteiger partial charge in [-0.3, -0.25) is 0 Å². The molecule has 2 aromatic carbocycles. The normalized spacial score (nSPS) is 13.6. The summed E-state index contributed by atoms with van der Waals surface area (Å²) in [6, 6.07) is 20.4. The predicted octanol–water partition coefficient (Wildman–Crippen LogP) is 6.41. The largest absolute Gasteiger partial charge is 0.465 e. The Balaban J connectivity index is 0.000000540. The molecule has 0 aliphatic heterocycles. The third-order valence-electron chi connectivity index (χ3n) is 6.76. The summed E-state index contributed by atoms with van der Waals surface area (Å²) in [5.41, 5.74) is 10.2. The monoisotopic (exact) mass is 510 g/mol. The summed E-state index contributed by atoms with van der Waals surface area (Å²) in [4.78, 5) is 22.9.